The molecular formula is C20H13Cl2NO. The standard InChI is InChI=1S/C20H13Cl2NO/c21-15-7-6-14(18(22)10-15)11-23-19-4-2-1-3-16(19)17-9-13(12-24)5-8-20(17)23/h1-10,12H,11H2. The lowest BCUT2D eigenvalue weighted by molar-refractivity contribution is 0.112. The molecule has 1 heterocycles. The van der Waals surface area contributed by atoms with Gasteiger partial charge in [0.1, 0.15) is 6.29 Å². The number of hydrogen-bond acceptors (Lipinski definition) is 1. The van der Waals surface area contributed by atoms with Crippen molar-refractivity contribution in [1.29, 1.82) is 0 Å². The van der Waals surface area contributed by atoms with Crippen LogP contribution in [0.2, 0.25) is 10.0 Å². The van der Waals surface area contributed by atoms with Crippen molar-refractivity contribution in [2.75, 3.05) is 0 Å². The summed E-state index contributed by atoms with van der Waals surface area (Å²) in [5.41, 5.74) is 3.87. The molecule has 0 N–H and O–H groups in total. The van der Waals surface area contributed by atoms with Gasteiger partial charge in [0.05, 0.1) is 0 Å². The Balaban J connectivity index is 1.97. The monoisotopic (exact) mass is 353 g/mol. The maximum Gasteiger partial charge on any atom is 0.150 e. The highest BCUT2D eigenvalue weighted by molar-refractivity contribution is 6.35. The molecule has 0 fully saturated rings. The molecule has 118 valence electrons. The van der Waals surface area contributed by atoms with Crippen LogP contribution in [-0.2, 0) is 6.54 Å². The van der Waals surface area contributed by atoms with Gasteiger partial charge in [-0.2, -0.15) is 0 Å². The lowest BCUT2D eigenvalue weighted by atomic mass is 10.1. The summed E-state index contributed by atoms with van der Waals surface area (Å²) >= 11 is 12.4. The maximum absolute atomic E-state index is 11.1. The van der Waals surface area contributed by atoms with Crippen LogP contribution in [0, 0.1) is 0 Å². The van der Waals surface area contributed by atoms with E-state index in [-0.39, 0.29) is 0 Å². The first-order chi connectivity index (χ1) is 11.7. The molecule has 1 aromatic heterocycles. The van der Waals surface area contributed by atoms with Crippen LogP contribution in [0.5, 0.6) is 0 Å². The second kappa shape index (κ2) is 5.97. The summed E-state index contributed by atoms with van der Waals surface area (Å²) in [5, 5.41) is 3.47. The largest absolute Gasteiger partial charge is 0.336 e. The summed E-state index contributed by atoms with van der Waals surface area (Å²) in [4.78, 5) is 11.1. The van der Waals surface area contributed by atoms with Crippen LogP contribution < -0.4 is 0 Å². The minimum atomic E-state index is 0.626. The first-order valence-corrected chi connectivity index (χ1v) is 8.33. The molecule has 24 heavy (non-hydrogen) atoms. The quantitative estimate of drug-likeness (QED) is 0.416. The van der Waals surface area contributed by atoms with E-state index >= 15 is 0 Å². The van der Waals surface area contributed by atoms with Gasteiger partial charge >= 0.3 is 0 Å². The number of carbonyl (C=O) groups is 1. The molecule has 0 saturated heterocycles. The second-order valence-electron chi connectivity index (χ2n) is 5.73. The zero-order valence-electron chi connectivity index (χ0n) is 12.7. The van der Waals surface area contributed by atoms with Crippen LogP contribution >= 0.6 is 23.2 Å². The van der Waals surface area contributed by atoms with Crippen LogP contribution in [0.3, 0.4) is 0 Å². The normalized spacial score (nSPS) is 11.2. The zero-order valence-corrected chi connectivity index (χ0v) is 14.2. The molecule has 0 aliphatic carbocycles. The SMILES string of the molecule is O=Cc1ccc2c(c1)c1ccccc1n2Cc1ccc(Cl)cc1Cl. The van der Waals surface area contributed by atoms with Gasteiger partial charge in [0.2, 0.25) is 0 Å². The smallest absolute Gasteiger partial charge is 0.150 e. The minimum absolute atomic E-state index is 0.626. The van der Waals surface area contributed by atoms with E-state index in [0.717, 1.165) is 33.7 Å². The Labute approximate surface area is 149 Å². The van der Waals surface area contributed by atoms with Crippen molar-refractivity contribution in [3.8, 4) is 0 Å². The summed E-state index contributed by atoms with van der Waals surface area (Å²) in [5.74, 6) is 0. The third kappa shape index (κ3) is 2.48. The minimum Gasteiger partial charge on any atom is -0.336 e. The fourth-order valence-corrected chi connectivity index (χ4v) is 3.60. The summed E-state index contributed by atoms with van der Waals surface area (Å²) in [7, 11) is 0. The molecule has 0 aliphatic rings. The first-order valence-electron chi connectivity index (χ1n) is 7.57. The van der Waals surface area contributed by atoms with Crippen LogP contribution in [0.4, 0.5) is 0 Å². The van der Waals surface area contributed by atoms with Gasteiger partial charge in [0.15, 0.2) is 0 Å². The van der Waals surface area contributed by atoms with Crippen LogP contribution in [0.1, 0.15) is 15.9 Å². The number of aromatic nitrogens is 1. The van der Waals surface area contributed by atoms with E-state index < -0.39 is 0 Å². The number of hydrogen-bond donors (Lipinski definition) is 0. The number of aldehydes is 1. The number of halogens is 2. The second-order valence-corrected chi connectivity index (χ2v) is 6.58. The fraction of sp³-hybridized carbons (Fsp3) is 0.0500. The van der Waals surface area contributed by atoms with Crippen molar-refractivity contribution in [3.05, 3.63) is 81.8 Å². The van der Waals surface area contributed by atoms with Crippen LogP contribution in [0.15, 0.2) is 60.7 Å². The molecule has 0 aliphatic heterocycles. The molecule has 4 aromatic rings. The highest BCUT2D eigenvalue weighted by atomic mass is 35.5. The van der Waals surface area contributed by atoms with Crippen molar-refractivity contribution in [2.45, 2.75) is 6.54 Å². The predicted molar refractivity (Wildman–Crippen MR) is 100 cm³/mol. The molecular weight excluding hydrogens is 341 g/mol. The lowest BCUT2D eigenvalue weighted by Gasteiger charge is -2.10. The van der Waals surface area contributed by atoms with E-state index in [9.17, 15) is 4.79 Å². The molecule has 0 spiro atoms. The van der Waals surface area contributed by atoms with Gasteiger partial charge in [-0.1, -0.05) is 47.5 Å². The molecule has 0 amide bonds. The molecule has 0 radical (unpaired) electrons. The van der Waals surface area contributed by atoms with Gasteiger partial charge < -0.3 is 4.57 Å². The number of fused-ring (bicyclic) bond motifs is 3. The van der Waals surface area contributed by atoms with Crippen molar-refractivity contribution >= 4 is 51.3 Å². The molecule has 0 atom stereocenters. The van der Waals surface area contributed by atoms with Gasteiger partial charge in [-0.25, -0.2) is 0 Å². The lowest BCUT2D eigenvalue weighted by Crippen LogP contribution is -2.00. The number of nitrogens with zero attached hydrogens (tertiary/aromatic N) is 1. The van der Waals surface area contributed by atoms with Crippen molar-refractivity contribution in [3.63, 3.8) is 0 Å². The molecule has 4 heteroatoms. The third-order valence-electron chi connectivity index (χ3n) is 4.28. The third-order valence-corrected chi connectivity index (χ3v) is 4.86. The van der Waals surface area contributed by atoms with Gasteiger partial charge in [0.25, 0.3) is 0 Å². The number of rotatable bonds is 3. The Morgan fingerprint density at radius 2 is 1.67 bits per heavy atom. The Bertz CT molecular complexity index is 1080. The average Bonchev–Trinajstić information content (AvgIpc) is 2.91. The topological polar surface area (TPSA) is 22.0 Å². The summed E-state index contributed by atoms with van der Waals surface area (Å²) in [6.45, 7) is 0.639. The van der Waals surface area contributed by atoms with E-state index in [1.54, 1.807) is 6.07 Å². The van der Waals surface area contributed by atoms with E-state index in [0.29, 0.717) is 22.2 Å². The predicted octanol–water partition coefficient (Wildman–Crippen LogP) is 5.96. The molecule has 2 nitrogen and oxygen atoms in total. The van der Waals surface area contributed by atoms with Crippen molar-refractivity contribution < 1.29 is 4.79 Å². The molecule has 4 rings (SSSR count). The van der Waals surface area contributed by atoms with E-state index in [4.69, 9.17) is 23.2 Å². The van der Waals surface area contributed by atoms with Crippen LogP contribution in [0.25, 0.3) is 21.8 Å². The van der Waals surface area contributed by atoms with Gasteiger partial charge in [-0.15, -0.1) is 0 Å². The van der Waals surface area contributed by atoms with E-state index in [2.05, 4.69) is 16.7 Å². The zero-order chi connectivity index (χ0) is 16.7. The summed E-state index contributed by atoms with van der Waals surface area (Å²) in [6.07, 6.45) is 0.877. The highest BCUT2D eigenvalue weighted by Gasteiger charge is 2.12. The Morgan fingerprint density at radius 1 is 0.875 bits per heavy atom. The number of carbonyl (C=O) groups excluding carboxylic acids is 1. The molecule has 3 aromatic carbocycles. The maximum atomic E-state index is 11.1. The number of benzene rings is 3. The first kappa shape index (κ1) is 15.3. The Morgan fingerprint density at radius 3 is 2.46 bits per heavy atom. The van der Waals surface area contributed by atoms with E-state index in [1.807, 2.05) is 42.5 Å². The highest BCUT2D eigenvalue weighted by Crippen LogP contribution is 2.31. The summed E-state index contributed by atoms with van der Waals surface area (Å²) < 4.78 is 2.22. The van der Waals surface area contributed by atoms with Crippen molar-refractivity contribution in [2.24, 2.45) is 0 Å². The van der Waals surface area contributed by atoms with Gasteiger partial charge in [0, 0.05) is 44.0 Å². The fourth-order valence-electron chi connectivity index (χ4n) is 3.14. The van der Waals surface area contributed by atoms with Crippen LogP contribution in [-0.4, -0.2) is 10.9 Å². The number of para-hydroxylation sites is 1. The average molecular weight is 354 g/mol. The molecule has 0 unspecified atom stereocenters. The molecule has 0 bridgehead atoms. The van der Waals surface area contributed by atoms with Crippen molar-refractivity contribution in [1.82, 2.24) is 4.57 Å². The Kier molecular flexibility index (Phi) is 3.79. The van der Waals surface area contributed by atoms with Gasteiger partial charge in [-0.3, -0.25) is 4.79 Å². The van der Waals surface area contributed by atoms with E-state index in [1.165, 1.54) is 0 Å². The van der Waals surface area contributed by atoms with Gasteiger partial charge in [-0.05, 0) is 42.0 Å². The Hall–Kier alpha value is -2.29. The summed E-state index contributed by atoms with van der Waals surface area (Å²) in [6, 6.07) is 19.5. The molecule has 0 saturated carbocycles.